The van der Waals surface area contributed by atoms with Gasteiger partial charge in [0, 0.05) is 38.6 Å². The second kappa shape index (κ2) is 7.10. The van der Waals surface area contributed by atoms with Crippen LogP contribution in [-0.2, 0) is 14.1 Å². The van der Waals surface area contributed by atoms with Gasteiger partial charge >= 0.3 is 5.69 Å². The van der Waals surface area contributed by atoms with E-state index in [1.165, 1.54) is 30.9 Å². The molecule has 2 aromatic heterocycles. The maximum atomic E-state index is 12.6. The molecular weight excluding hydrogens is 362 g/mol. The summed E-state index contributed by atoms with van der Waals surface area (Å²) in [5.74, 6) is -0.678. The molecule has 0 aliphatic carbocycles. The van der Waals surface area contributed by atoms with Crippen molar-refractivity contribution in [1.82, 2.24) is 19.4 Å². The van der Waals surface area contributed by atoms with Gasteiger partial charge in [-0.1, -0.05) is 0 Å². The average molecular weight is 381 g/mol. The second-order valence-corrected chi connectivity index (χ2v) is 6.36. The third-order valence-electron chi connectivity index (χ3n) is 4.52. The van der Waals surface area contributed by atoms with Crippen LogP contribution in [0, 0.1) is 6.92 Å². The Hall–Kier alpha value is -3.75. The van der Waals surface area contributed by atoms with Gasteiger partial charge in [-0.25, -0.2) is 9.78 Å². The fraction of sp³-hybridized carbons (Fsp3) is 0.211. The van der Waals surface area contributed by atoms with Crippen LogP contribution < -0.4 is 21.9 Å². The highest BCUT2D eigenvalue weighted by atomic mass is 16.2. The number of amides is 2. The van der Waals surface area contributed by atoms with Gasteiger partial charge < -0.3 is 10.6 Å². The van der Waals surface area contributed by atoms with Crippen LogP contribution in [0.25, 0.3) is 11.0 Å². The minimum absolute atomic E-state index is 0.170. The second-order valence-electron chi connectivity index (χ2n) is 6.36. The van der Waals surface area contributed by atoms with Crippen molar-refractivity contribution in [3.05, 3.63) is 68.0 Å². The van der Waals surface area contributed by atoms with Gasteiger partial charge in [0.1, 0.15) is 5.65 Å². The highest BCUT2D eigenvalue weighted by Crippen LogP contribution is 2.18. The molecule has 0 aliphatic rings. The van der Waals surface area contributed by atoms with E-state index in [1.807, 2.05) is 0 Å². The average Bonchev–Trinajstić information content (AvgIpc) is 2.70. The molecule has 0 radical (unpaired) electrons. The number of carbonyl (C=O) groups excluding carboxylic acids is 2. The van der Waals surface area contributed by atoms with Crippen molar-refractivity contribution in [1.29, 1.82) is 0 Å². The Morgan fingerprint density at radius 1 is 1.00 bits per heavy atom. The maximum Gasteiger partial charge on any atom is 0.332 e. The molecule has 3 rings (SSSR count). The first-order chi connectivity index (χ1) is 13.2. The summed E-state index contributed by atoms with van der Waals surface area (Å²) in [6, 6.07) is 6.31. The quantitative estimate of drug-likeness (QED) is 0.688. The zero-order chi connectivity index (χ0) is 20.6. The van der Waals surface area contributed by atoms with Crippen molar-refractivity contribution in [3.63, 3.8) is 0 Å². The Kier molecular flexibility index (Phi) is 4.83. The molecule has 0 saturated heterocycles. The maximum absolute atomic E-state index is 12.6. The van der Waals surface area contributed by atoms with Crippen molar-refractivity contribution < 1.29 is 9.59 Å². The van der Waals surface area contributed by atoms with Gasteiger partial charge in [0.05, 0.1) is 10.9 Å². The van der Waals surface area contributed by atoms with Crippen LogP contribution in [0.2, 0.25) is 0 Å². The molecule has 3 aromatic rings. The van der Waals surface area contributed by atoms with E-state index in [4.69, 9.17) is 0 Å². The topological polar surface area (TPSA) is 115 Å². The van der Waals surface area contributed by atoms with Crippen LogP contribution >= 0.6 is 0 Å². The molecule has 0 saturated carbocycles. The molecule has 0 spiro atoms. The number of hydrogen-bond donors (Lipinski definition) is 2. The molecule has 2 amide bonds. The number of benzene rings is 1. The standard InChI is InChI=1S/C19H19N5O4/c1-10-7-11(16(25)20-2)5-6-14(10)22-17(26)12-8-13-15(21-9-12)23(3)19(28)24(4)18(13)27/h5-9H,1-4H3,(H,20,25)(H,22,26). The summed E-state index contributed by atoms with van der Waals surface area (Å²) >= 11 is 0. The van der Waals surface area contributed by atoms with Crippen molar-refractivity contribution in [2.45, 2.75) is 6.92 Å². The van der Waals surface area contributed by atoms with E-state index in [2.05, 4.69) is 15.6 Å². The number of nitrogens with zero attached hydrogens (tertiary/aromatic N) is 3. The van der Waals surface area contributed by atoms with Gasteiger partial charge in [0.2, 0.25) is 0 Å². The van der Waals surface area contributed by atoms with Crippen molar-refractivity contribution in [2.75, 3.05) is 12.4 Å². The molecule has 9 heteroatoms. The number of pyridine rings is 1. The third kappa shape index (κ3) is 3.18. The predicted molar refractivity (Wildman–Crippen MR) is 105 cm³/mol. The first kappa shape index (κ1) is 19.0. The summed E-state index contributed by atoms with van der Waals surface area (Å²) in [7, 11) is 4.42. The largest absolute Gasteiger partial charge is 0.355 e. The lowest BCUT2D eigenvalue weighted by Crippen LogP contribution is -2.37. The monoisotopic (exact) mass is 381 g/mol. The normalized spacial score (nSPS) is 10.7. The van der Waals surface area contributed by atoms with Crippen LogP contribution in [0.15, 0.2) is 40.1 Å². The minimum atomic E-state index is -0.522. The first-order valence-corrected chi connectivity index (χ1v) is 8.44. The number of rotatable bonds is 3. The number of nitrogens with one attached hydrogen (secondary N) is 2. The molecule has 9 nitrogen and oxygen atoms in total. The van der Waals surface area contributed by atoms with E-state index in [0.29, 0.717) is 16.8 Å². The molecule has 0 bridgehead atoms. The Balaban J connectivity index is 1.98. The summed E-state index contributed by atoms with van der Waals surface area (Å²) in [6.07, 6.45) is 1.31. The fourth-order valence-electron chi connectivity index (χ4n) is 2.87. The minimum Gasteiger partial charge on any atom is -0.355 e. The van der Waals surface area contributed by atoms with Crippen LogP contribution in [0.3, 0.4) is 0 Å². The van der Waals surface area contributed by atoms with E-state index in [0.717, 1.165) is 4.57 Å². The van der Waals surface area contributed by atoms with E-state index in [-0.39, 0.29) is 22.5 Å². The Bertz CT molecular complexity index is 1240. The van der Waals surface area contributed by atoms with Crippen LogP contribution in [0.1, 0.15) is 26.3 Å². The van der Waals surface area contributed by atoms with Gasteiger partial charge in [0.25, 0.3) is 17.4 Å². The molecule has 2 N–H and O–H groups in total. The number of aryl methyl sites for hydroxylation is 2. The van der Waals surface area contributed by atoms with E-state index in [1.54, 1.807) is 32.2 Å². The highest BCUT2D eigenvalue weighted by molar-refractivity contribution is 6.06. The Morgan fingerprint density at radius 3 is 2.36 bits per heavy atom. The summed E-state index contributed by atoms with van der Waals surface area (Å²) < 4.78 is 2.22. The molecule has 28 heavy (non-hydrogen) atoms. The molecule has 0 aliphatic heterocycles. The van der Waals surface area contributed by atoms with Gasteiger partial charge in [-0.15, -0.1) is 0 Å². The van der Waals surface area contributed by atoms with Gasteiger partial charge in [-0.3, -0.25) is 23.5 Å². The van der Waals surface area contributed by atoms with Gasteiger partial charge in [-0.2, -0.15) is 0 Å². The van der Waals surface area contributed by atoms with E-state index >= 15 is 0 Å². The summed E-state index contributed by atoms with van der Waals surface area (Å²) in [6.45, 7) is 1.77. The molecule has 0 atom stereocenters. The van der Waals surface area contributed by atoms with Crippen molar-refractivity contribution in [2.24, 2.45) is 14.1 Å². The summed E-state index contributed by atoms with van der Waals surface area (Å²) in [4.78, 5) is 52.8. The number of aromatic nitrogens is 3. The van der Waals surface area contributed by atoms with E-state index in [9.17, 15) is 19.2 Å². The smallest absolute Gasteiger partial charge is 0.332 e. The van der Waals surface area contributed by atoms with E-state index < -0.39 is 17.2 Å². The molecule has 1 aromatic carbocycles. The van der Waals surface area contributed by atoms with Crippen LogP contribution in [-0.4, -0.2) is 33.0 Å². The van der Waals surface area contributed by atoms with Crippen molar-refractivity contribution in [3.8, 4) is 0 Å². The number of anilines is 1. The number of fused-ring (bicyclic) bond motifs is 1. The first-order valence-electron chi connectivity index (χ1n) is 8.44. The lowest BCUT2D eigenvalue weighted by Gasteiger charge is -2.11. The Morgan fingerprint density at radius 2 is 1.71 bits per heavy atom. The zero-order valence-corrected chi connectivity index (χ0v) is 15.9. The highest BCUT2D eigenvalue weighted by Gasteiger charge is 2.15. The van der Waals surface area contributed by atoms with Gasteiger partial charge in [-0.05, 0) is 36.8 Å². The van der Waals surface area contributed by atoms with Crippen LogP contribution in [0.4, 0.5) is 5.69 Å². The molecule has 0 fully saturated rings. The molecule has 2 heterocycles. The third-order valence-corrected chi connectivity index (χ3v) is 4.52. The lowest BCUT2D eigenvalue weighted by molar-refractivity contribution is 0.0962. The fourth-order valence-corrected chi connectivity index (χ4v) is 2.87. The SMILES string of the molecule is CNC(=O)c1ccc(NC(=O)c2cnc3c(c2)c(=O)n(C)c(=O)n3C)c(C)c1. The predicted octanol–water partition coefficient (Wildman–Crippen LogP) is 0.553. The Labute approximate surface area is 159 Å². The molecule has 0 unspecified atom stereocenters. The molecule has 144 valence electrons. The number of hydrogen-bond acceptors (Lipinski definition) is 5. The summed E-state index contributed by atoms with van der Waals surface area (Å²) in [5.41, 5.74) is 1.09. The molecular formula is C19H19N5O4. The number of carbonyl (C=O) groups is 2. The lowest BCUT2D eigenvalue weighted by atomic mass is 10.1. The van der Waals surface area contributed by atoms with Crippen molar-refractivity contribution >= 4 is 28.5 Å². The van der Waals surface area contributed by atoms with Gasteiger partial charge in [0.15, 0.2) is 0 Å². The summed E-state index contributed by atoms with van der Waals surface area (Å²) in [5, 5.41) is 5.46. The van der Waals surface area contributed by atoms with Crippen LogP contribution in [0.5, 0.6) is 0 Å². The zero-order valence-electron chi connectivity index (χ0n) is 15.9.